The summed E-state index contributed by atoms with van der Waals surface area (Å²) < 4.78 is 0. The van der Waals surface area contributed by atoms with Gasteiger partial charge >= 0.3 is 5.97 Å². The number of aromatic nitrogens is 6. The minimum Gasteiger partial charge on any atom is -0.479 e. The van der Waals surface area contributed by atoms with Gasteiger partial charge in [0.05, 0.1) is 33.2 Å². The fraction of sp³-hybridized carbons (Fsp3) is 0.524. The molecule has 9 rings (SSSR count). The molecule has 19 nitrogen and oxygen atoms in total. The Morgan fingerprint density at radius 3 is 1.02 bits per heavy atom. The standard InChI is InChI=1S/2C21H26N4O2.C16H18N4.C5H10O3/c2*1-12(2)20(26)21(27)25-16-9-13(3)8-15(10-16)17-5-4-14(11-22)18-19(17)24-7-6-23-18;1-10-6-12(8-13(18)7-10)14-3-2-11(9-17)15-16(14)20-5-4-19-15;1-3(2)4(6)5(7)8/h2*4-7,12-13,15-16,20,26H,8-10H2,1-3H3,(H,25,27);2-5,10,12-13H,6-8,18H2,1H3;3-4,6H,1-2H3,(H,7,8)/t13-,15+,16-,20+;13-,15+,16-,20-;10-,12+,13-;4-/m1010/s1. The maximum Gasteiger partial charge on any atom is 0.332 e. The average Bonchev–Trinajstić information content (AvgIpc) is 3.54. The molecule has 0 bridgehead atoms. The number of aliphatic carboxylic acids is 1. The number of nitrogens with zero attached hydrogens (tertiary/aromatic N) is 9. The van der Waals surface area contributed by atoms with Crippen LogP contribution in [0.2, 0.25) is 0 Å². The summed E-state index contributed by atoms with van der Waals surface area (Å²) in [6, 6.07) is 18.3. The molecule has 3 aliphatic rings. The van der Waals surface area contributed by atoms with Gasteiger partial charge in [0.15, 0.2) is 6.10 Å². The summed E-state index contributed by atoms with van der Waals surface area (Å²) in [5.41, 5.74) is 15.5. The van der Waals surface area contributed by atoms with Crippen molar-refractivity contribution in [3.63, 3.8) is 0 Å². The lowest BCUT2D eigenvalue weighted by Crippen LogP contribution is -2.46. The molecule has 434 valence electrons. The van der Waals surface area contributed by atoms with Crippen LogP contribution in [0, 0.1) is 69.5 Å². The number of carbonyl (C=O) groups is 3. The summed E-state index contributed by atoms with van der Waals surface area (Å²) in [6.07, 6.45) is 15.2. The van der Waals surface area contributed by atoms with Crippen molar-refractivity contribution in [1.82, 2.24) is 40.5 Å². The maximum absolute atomic E-state index is 12.3. The number of nitrogens with two attached hydrogens (primary N) is 1. The Morgan fingerprint density at radius 1 is 0.463 bits per heavy atom. The van der Waals surface area contributed by atoms with Crippen LogP contribution in [0.4, 0.5) is 0 Å². The Balaban J connectivity index is 0.000000187. The molecule has 8 N–H and O–H groups in total. The number of amides is 2. The van der Waals surface area contributed by atoms with Gasteiger partial charge in [-0.2, -0.15) is 15.8 Å². The van der Waals surface area contributed by atoms with Crippen LogP contribution >= 0.6 is 0 Å². The normalized spacial score (nSPS) is 23.5. The molecule has 6 aromatic rings. The van der Waals surface area contributed by atoms with Crippen molar-refractivity contribution in [1.29, 1.82) is 15.8 Å². The number of carbonyl (C=O) groups excluding carboxylic acids is 2. The molecular weight excluding hydrogens is 1040 g/mol. The van der Waals surface area contributed by atoms with E-state index >= 15 is 0 Å². The molecular formula is C63H80N12O7. The lowest BCUT2D eigenvalue weighted by molar-refractivity contribution is -0.148. The highest BCUT2D eigenvalue weighted by Crippen LogP contribution is 2.41. The van der Waals surface area contributed by atoms with E-state index in [1.54, 1.807) is 51.0 Å². The van der Waals surface area contributed by atoms with Gasteiger partial charge in [0.2, 0.25) is 11.8 Å². The largest absolute Gasteiger partial charge is 0.479 e. The van der Waals surface area contributed by atoms with Gasteiger partial charge in [-0.05, 0) is 146 Å². The van der Waals surface area contributed by atoms with Gasteiger partial charge in [0.1, 0.15) is 47.0 Å². The predicted octanol–water partition coefficient (Wildman–Crippen LogP) is 8.63. The van der Waals surface area contributed by atoms with Crippen LogP contribution in [0.25, 0.3) is 33.1 Å². The summed E-state index contributed by atoms with van der Waals surface area (Å²) in [7, 11) is 0. The van der Waals surface area contributed by atoms with Gasteiger partial charge in [0, 0.05) is 55.3 Å². The molecule has 3 fully saturated rings. The van der Waals surface area contributed by atoms with Crippen LogP contribution in [0.15, 0.2) is 73.6 Å². The third-order valence-corrected chi connectivity index (χ3v) is 15.9. The first-order valence-electron chi connectivity index (χ1n) is 28.6. The zero-order valence-corrected chi connectivity index (χ0v) is 48.6. The fourth-order valence-electron chi connectivity index (χ4n) is 11.8. The molecule has 0 aliphatic heterocycles. The van der Waals surface area contributed by atoms with Crippen molar-refractivity contribution in [2.45, 2.75) is 174 Å². The summed E-state index contributed by atoms with van der Waals surface area (Å²) in [4.78, 5) is 60.9. The van der Waals surface area contributed by atoms with Crippen LogP contribution in [-0.2, 0) is 14.4 Å². The number of hydrogen-bond acceptors (Lipinski definition) is 16. The lowest BCUT2D eigenvalue weighted by Gasteiger charge is -2.35. The second kappa shape index (κ2) is 29.4. The number of aliphatic hydroxyl groups is 3. The Kier molecular flexibility index (Phi) is 22.8. The van der Waals surface area contributed by atoms with Crippen molar-refractivity contribution in [3.05, 3.63) is 107 Å². The molecule has 3 aromatic heterocycles. The molecule has 0 radical (unpaired) electrons. The predicted molar refractivity (Wildman–Crippen MR) is 312 cm³/mol. The topological polar surface area (TPSA) is 331 Å². The number of fused-ring (bicyclic) bond motifs is 3. The van der Waals surface area contributed by atoms with E-state index in [4.69, 9.17) is 15.9 Å². The van der Waals surface area contributed by atoms with Gasteiger partial charge in [-0.1, -0.05) is 80.5 Å². The number of carboxylic acids is 1. The van der Waals surface area contributed by atoms with Crippen LogP contribution in [-0.4, -0.2) is 105 Å². The average molecular weight is 1120 g/mol. The second-order valence-electron chi connectivity index (χ2n) is 23.8. The highest BCUT2D eigenvalue weighted by molar-refractivity contribution is 5.86. The van der Waals surface area contributed by atoms with Gasteiger partial charge in [-0.15, -0.1) is 0 Å². The Labute approximate surface area is 480 Å². The number of nitriles is 3. The number of nitrogens with one attached hydrogen (secondary N) is 2. The van der Waals surface area contributed by atoms with E-state index < -0.39 is 24.3 Å². The number of carboxylic acid groups (broad SMARTS) is 1. The summed E-state index contributed by atoms with van der Waals surface area (Å²) in [6.45, 7) is 17.2. The Bertz CT molecular complexity index is 3140. The lowest BCUT2D eigenvalue weighted by atomic mass is 9.75. The van der Waals surface area contributed by atoms with E-state index in [0.29, 0.717) is 56.9 Å². The molecule has 3 heterocycles. The first kappa shape index (κ1) is 63.6. The Morgan fingerprint density at radius 2 is 0.756 bits per heavy atom. The smallest absolute Gasteiger partial charge is 0.332 e. The van der Waals surface area contributed by atoms with E-state index in [-0.39, 0.29) is 59.5 Å². The minimum atomic E-state index is -1.21. The van der Waals surface area contributed by atoms with Crippen molar-refractivity contribution in [2.75, 3.05) is 0 Å². The molecule has 3 aliphatic carbocycles. The molecule has 0 unspecified atom stereocenters. The van der Waals surface area contributed by atoms with Gasteiger partial charge < -0.3 is 36.8 Å². The summed E-state index contributed by atoms with van der Waals surface area (Å²) in [5.74, 6) is 0.197. The quantitative estimate of drug-likeness (QED) is 0.0638. The number of aliphatic hydroxyl groups excluding tert-OH is 3. The SMILES string of the molecule is CC(C)[C@H](O)C(=O)N[C@@H]1C[C@H](C)C[C@H](c2ccc(C#N)c3nccnc23)C1.CC(C)[C@H](O)C(=O)N[C@H]1C[C@@H](C)C[C@@H](c2ccc(C#N)c3nccnc23)C1.CC(C)[C@H](O)C(=O)O.C[C@H]1C[C@@H](N)C[C@@H](c2ccc(C#N)c3nccnc23)C1. The molecule has 3 aromatic carbocycles. The summed E-state index contributed by atoms with van der Waals surface area (Å²) >= 11 is 0. The molecule has 82 heavy (non-hydrogen) atoms. The number of hydrogen-bond donors (Lipinski definition) is 7. The van der Waals surface area contributed by atoms with Gasteiger partial charge in [-0.25, -0.2) is 4.79 Å². The van der Waals surface area contributed by atoms with Crippen molar-refractivity contribution >= 4 is 50.9 Å². The molecule has 0 saturated heterocycles. The highest BCUT2D eigenvalue weighted by Gasteiger charge is 2.34. The monoisotopic (exact) mass is 1120 g/mol. The third-order valence-electron chi connectivity index (χ3n) is 15.9. The molecule has 19 heteroatoms. The molecule has 3 saturated carbocycles. The number of benzene rings is 3. The van der Waals surface area contributed by atoms with E-state index in [2.05, 4.69) is 79.5 Å². The van der Waals surface area contributed by atoms with E-state index in [1.807, 2.05) is 64.1 Å². The van der Waals surface area contributed by atoms with Crippen LogP contribution in [0.5, 0.6) is 0 Å². The number of rotatable bonds is 11. The van der Waals surface area contributed by atoms with Gasteiger partial charge in [0.25, 0.3) is 0 Å². The minimum absolute atomic E-state index is 0.0158. The summed E-state index contributed by atoms with van der Waals surface area (Å²) in [5, 5.41) is 70.6. The first-order chi connectivity index (χ1) is 39.0. The Hall–Kier alpha value is -7.60. The molecule has 2 amide bonds. The van der Waals surface area contributed by atoms with Gasteiger partial charge in [-0.3, -0.25) is 39.5 Å². The molecule has 0 spiro atoms. The van der Waals surface area contributed by atoms with Crippen molar-refractivity contribution in [2.24, 2.45) is 41.2 Å². The fourth-order valence-corrected chi connectivity index (χ4v) is 11.8. The van der Waals surface area contributed by atoms with E-state index in [0.717, 1.165) is 85.5 Å². The first-order valence-corrected chi connectivity index (χ1v) is 28.6. The van der Waals surface area contributed by atoms with Crippen LogP contribution < -0.4 is 16.4 Å². The third kappa shape index (κ3) is 16.3. The van der Waals surface area contributed by atoms with Crippen LogP contribution in [0.3, 0.4) is 0 Å². The van der Waals surface area contributed by atoms with Crippen molar-refractivity contribution < 1.29 is 34.8 Å². The van der Waals surface area contributed by atoms with E-state index in [1.165, 1.54) is 5.56 Å². The van der Waals surface area contributed by atoms with Crippen LogP contribution in [0.1, 0.15) is 171 Å². The highest BCUT2D eigenvalue weighted by atomic mass is 16.4. The zero-order valence-electron chi connectivity index (χ0n) is 48.6. The second-order valence-corrected chi connectivity index (χ2v) is 23.8. The van der Waals surface area contributed by atoms with Crippen molar-refractivity contribution in [3.8, 4) is 18.2 Å². The maximum atomic E-state index is 12.3. The zero-order chi connectivity index (χ0) is 59.9. The van der Waals surface area contributed by atoms with E-state index in [9.17, 15) is 40.4 Å². The molecule has 12 atom stereocenters.